The van der Waals surface area contributed by atoms with Crippen LogP contribution >= 0.6 is 0 Å². The highest BCUT2D eigenvalue weighted by Crippen LogP contribution is 2.00. The summed E-state index contributed by atoms with van der Waals surface area (Å²) in [7, 11) is 0. The van der Waals surface area contributed by atoms with Crippen molar-refractivity contribution in [2.75, 3.05) is 0 Å². The van der Waals surface area contributed by atoms with Crippen LogP contribution in [0.4, 0.5) is 0 Å². The number of allylic oxidation sites excluding steroid dienone is 2. The van der Waals surface area contributed by atoms with Gasteiger partial charge >= 0.3 is 5.97 Å². The van der Waals surface area contributed by atoms with Gasteiger partial charge in [-0.15, -0.1) is 0 Å². The maximum Gasteiger partial charge on any atom is 0.362 e. The van der Waals surface area contributed by atoms with E-state index in [1.54, 1.807) is 42.6 Å². The highest BCUT2D eigenvalue weighted by Gasteiger charge is 2.06. The lowest BCUT2D eigenvalue weighted by atomic mass is 10.2. The molecule has 1 heterocycles. The Morgan fingerprint density at radius 3 is 2.94 bits per heavy atom. The average molecular weight is 229 g/mol. The first-order valence-electron chi connectivity index (χ1n) is 5.03. The van der Waals surface area contributed by atoms with Crippen molar-refractivity contribution in [3.05, 3.63) is 60.1 Å². The number of rotatable bonds is 3. The lowest BCUT2D eigenvalue weighted by molar-refractivity contribution is 0.0316. The lowest BCUT2D eigenvalue weighted by Crippen LogP contribution is -2.27. The third-order valence-corrected chi connectivity index (χ3v) is 1.99. The second-order valence-electron chi connectivity index (χ2n) is 3.20. The normalized spacial score (nSPS) is 13.3. The minimum absolute atomic E-state index is 0.446. The Labute approximate surface area is 98.5 Å². The van der Waals surface area contributed by atoms with E-state index in [-0.39, 0.29) is 0 Å². The third kappa shape index (κ3) is 3.20. The van der Waals surface area contributed by atoms with Gasteiger partial charge in [-0.1, -0.05) is 18.2 Å². The smallest absolute Gasteiger partial charge is 0.337 e. The number of benzene rings is 1. The molecule has 86 valence electrons. The molecule has 0 aromatic heterocycles. The van der Waals surface area contributed by atoms with Gasteiger partial charge in [-0.2, -0.15) is 0 Å². The van der Waals surface area contributed by atoms with E-state index in [1.165, 1.54) is 6.34 Å². The Morgan fingerprint density at radius 1 is 1.29 bits per heavy atom. The highest BCUT2D eigenvalue weighted by molar-refractivity contribution is 5.89. The molecular formula is C12H11N3O2. The van der Waals surface area contributed by atoms with Gasteiger partial charge in [0.25, 0.3) is 0 Å². The van der Waals surface area contributed by atoms with Crippen molar-refractivity contribution < 1.29 is 9.63 Å². The van der Waals surface area contributed by atoms with E-state index in [9.17, 15) is 4.79 Å². The van der Waals surface area contributed by atoms with Gasteiger partial charge in [0, 0.05) is 6.20 Å². The van der Waals surface area contributed by atoms with Crippen molar-refractivity contribution in [3.8, 4) is 0 Å². The topological polar surface area (TPSA) is 62.7 Å². The fraction of sp³-hybridized carbons (Fsp3) is 0. The van der Waals surface area contributed by atoms with Crippen LogP contribution in [0.5, 0.6) is 0 Å². The lowest BCUT2D eigenvalue weighted by Gasteiger charge is -2.08. The summed E-state index contributed by atoms with van der Waals surface area (Å²) in [5, 5.41) is 2.81. The first kappa shape index (κ1) is 10.9. The van der Waals surface area contributed by atoms with Gasteiger partial charge < -0.3 is 10.2 Å². The molecule has 0 atom stereocenters. The zero-order valence-corrected chi connectivity index (χ0v) is 8.96. The molecule has 1 aromatic rings. The monoisotopic (exact) mass is 229 g/mol. The number of nitrogens with zero attached hydrogens (tertiary/aromatic N) is 1. The van der Waals surface area contributed by atoms with Crippen LogP contribution in [0.2, 0.25) is 0 Å². The van der Waals surface area contributed by atoms with Crippen LogP contribution in [0.25, 0.3) is 0 Å². The SMILES string of the molecule is O=C(ONC1=CC=CN=CN1)c1ccccc1. The van der Waals surface area contributed by atoms with E-state index in [0.717, 1.165) is 0 Å². The summed E-state index contributed by atoms with van der Waals surface area (Å²) in [5.41, 5.74) is 3.00. The van der Waals surface area contributed by atoms with Crippen molar-refractivity contribution in [1.82, 2.24) is 10.8 Å². The third-order valence-electron chi connectivity index (χ3n) is 1.99. The molecule has 2 N–H and O–H groups in total. The number of hydrogen-bond acceptors (Lipinski definition) is 5. The van der Waals surface area contributed by atoms with Gasteiger partial charge in [-0.3, -0.25) is 0 Å². The Kier molecular flexibility index (Phi) is 3.54. The van der Waals surface area contributed by atoms with Crippen LogP contribution < -0.4 is 10.8 Å². The van der Waals surface area contributed by atoms with Gasteiger partial charge in [-0.25, -0.2) is 15.3 Å². The summed E-state index contributed by atoms with van der Waals surface area (Å²) in [4.78, 5) is 20.3. The van der Waals surface area contributed by atoms with Crippen molar-refractivity contribution in [2.24, 2.45) is 4.99 Å². The van der Waals surface area contributed by atoms with Crippen molar-refractivity contribution in [3.63, 3.8) is 0 Å². The second-order valence-corrected chi connectivity index (χ2v) is 3.20. The van der Waals surface area contributed by atoms with Crippen LogP contribution in [0.15, 0.2) is 59.5 Å². The van der Waals surface area contributed by atoms with Crippen LogP contribution in [0.3, 0.4) is 0 Å². The Balaban J connectivity index is 1.91. The molecule has 0 amide bonds. The fourth-order valence-corrected chi connectivity index (χ4v) is 1.18. The molecule has 0 spiro atoms. The summed E-state index contributed by atoms with van der Waals surface area (Å²) in [6.07, 6.45) is 6.51. The Hall–Kier alpha value is -2.56. The van der Waals surface area contributed by atoms with Gasteiger partial charge in [0.05, 0.1) is 11.9 Å². The molecule has 0 fully saturated rings. The first-order chi connectivity index (χ1) is 8.36. The molecule has 1 aromatic carbocycles. The van der Waals surface area contributed by atoms with Gasteiger partial charge in [0.15, 0.2) is 0 Å². The molecule has 5 heteroatoms. The molecule has 1 aliphatic heterocycles. The van der Waals surface area contributed by atoms with E-state index in [1.807, 2.05) is 6.07 Å². The number of nitrogens with one attached hydrogen (secondary N) is 2. The van der Waals surface area contributed by atoms with Crippen molar-refractivity contribution in [1.29, 1.82) is 0 Å². The summed E-state index contributed by atoms with van der Waals surface area (Å²) in [6.45, 7) is 0. The maximum atomic E-state index is 11.6. The molecule has 0 saturated heterocycles. The molecule has 0 aliphatic carbocycles. The van der Waals surface area contributed by atoms with E-state index in [2.05, 4.69) is 15.8 Å². The molecule has 0 bridgehead atoms. The quantitative estimate of drug-likeness (QED) is 0.768. The molecule has 1 aliphatic rings. The van der Waals surface area contributed by atoms with Gasteiger partial charge in [0.1, 0.15) is 5.82 Å². The summed E-state index contributed by atoms with van der Waals surface area (Å²) in [5.74, 6) is 0.0882. The zero-order chi connectivity index (χ0) is 11.9. The number of hydrogen-bond donors (Lipinski definition) is 2. The minimum atomic E-state index is -0.446. The van der Waals surface area contributed by atoms with Gasteiger partial charge in [0.2, 0.25) is 0 Å². The summed E-state index contributed by atoms with van der Waals surface area (Å²) in [6, 6.07) is 8.74. The number of hydroxylamine groups is 1. The average Bonchev–Trinajstić information content (AvgIpc) is 2.65. The van der Waals surface area contributed by atoms with Crippen LogP contribution in [-0.4, -0.2) is 12.3 Å². The van der Waals surface area contributed by atoms with Gasteiger partial charge in [-0.05, 0) is 24.3 Å². The number of carbonyl (C=O) groups is 1. The predicted octanol–water partition coefficient (Wildman–Crippen LogP) is 1.33. The summed E-state index contributed by atoms with van der Waals surface area (Å²) < 4.78 is 0. The van der Waals surface area contributed by atoms with E-state index < -0.39 is 5.97 Å². The Bertz CT molecular complexity index is 478. The maximum absolute atomic E-state index is 11.6. The van der Waals surface area contributed by atoms with Crippen LogP contribution in [-0.2, 0) is 4.84 Å². The molecule has 5 nitrogen and oxygen atoms in total. The molecule has 0 radical (unpaired) electrons. The van der Waals surface area contributed by atoms with Crippen LogP contribution in [0.1, 0.15) is 10.4 Å². The van der Waals surface area contributed by atoms with Crippen molar-refractivity contribution >= 4 is 12.3 Å². The highest BCUT2D eigenvalue weighted by atomic mass is 16.7. The molecule has 2 rings (SSSR count). The molecule has 17 heavy (non-hydrogen) atoms. The fourth-order valence-electron chi connectivity index (χ4n) is 1.18. The molecule has 0 saturated carbocycles. The van der Waals surface area contributed by atoms with E-state index in [4.69, 9.17) is 4.84 Å². The Morgan fingerprint density at radius 2 is 2.12 bits per heavy atom. The summed E-state index contributed by atoms with van der Waals surface area (Å²) >= 11 is 0. The van der Waals surface area contributed by atoms with Crippen LogP contribution in [0, 0.1) is 0 Å². The molecule has 0 unspecified atom stereocenters. The minimum Gasteiger partial charge on any atom is -0.337 e. The first-order valence-corrected chi connectivity index (χ1v) is 5.03. The van der Waals surface area contributed by atoms with E-state index >= 15 is 0 Å². The number of carbonyl (C=O) groups excluding carboxylic acids is 1. The largest absolute Gasteiger partial charge is 0.362 e. The number of aliphatic imine (C=N–C) groups is 1. The van der Waals surface area contributed by atoms with E-state index in [0.29, 0.717) is 11.4 Å². The van der Waals surface area contributed by atoms with Crippen molar-refractivity contribution in [2.45, 2.75) is 0 Å². The molecular weight excluding hydrogens is 218 g/mol. The predicted molar refractivity (Wildman–Crippen MR) is 63.8 cm³/mol. The zero-order valence-electron chi connectivity index (χ0n) is 8.96. The standard InChI is InChI=1S/C12H11N3O2/c16-12(10-5-2-1-3-6-10)17-15-11-7-4-8-13-9-14-11/h1-9,15H,(H,13,14). The second kappa shape index (κ2) is 5.50.